The first kappa shape index (κ1) is 9.44. The Balaban J connectivity index is 1.87. The molecule has 76 valence electrons. The molecule has 3 unspecified atom stereocenters. The molecule has 3 nitrogen and oxygen atoms in total. The van der Waals surface area contributed by atoms with Crippen LogP contribution in [0.15, 0.2) is 0 Å². The number of likely N-dealkylation sites (N-methyl/N-ethyl adjacent to an activating group) is 1. The third-order valence-corrected chi connectivity index (χ3v) is 3.19. The van der Waals surface area contributed by atoms with Crippen molar-refractivity contribution in [1.29, 1.82) is 0 Å². The van der Waals surface area contributed by atoms with E-state index < -0.39 is 0 Å². The molecule has 3 heteroatoms. The smallest absolute Gasteiger partial charge is 0.0707 e. The Hall–Kier alpha value is -0.120. The molecule has 2 rings (SSSR count). The molecule has 0 saturated carbocycles. The van der Waals surface area contributed by atoms with Gasteiger partial charge in [-0.2, -0.15) is 0 Å². The van der Waals surface area contributed by atoms with Crippen LogP contribution in [0.25, 0.3) is 0 Å². The molecule has 13 heavy (non-hydrogen) atoms. The molecule has 0 aliphatic carbocycles. The molecule has 0 radical (unpaired) electrons. The van der Waals surface area contributed by atoms with Crippen LogP contribution in [0.4, 0.5) is 0 Å². The maximum Gasteiger partial charge on any atom is 0.0707 e. The highest BCUT2D eigenvalue weighted by atomic mass is 16.5. The molecular formula is C10H20N2O. The number of likely N-dealkylation sites (tertiary alicyclic amines) is 1. The summed E-state index contributed by atoms with van der Waals surface area (Å²) in [6, 6.07) is 0.650. The topological polar surface area (TPSA) is 24.5 Å². The number of rotatable bonds is 3. The van der Waals surface area contributed by atoms with E-state index in [1.165, 1.54) is 12.8 Å². The monoisotopic (exact) mass is 184 g/mol. The second-order valence-corrected chi connectivity index (χ2v) is 4.32. The minimum absolute atomic E-state index is 0.526. The summed E-state index contributed by atoms with van der Waals surface area (Å²) in [4.78, 5) is 2.56. The lowest BCUT2D eigenvalue weighted by Crippen LogP contribution is -2.49. The van der Waals surface area contributed by atoms with Gasteiger partial charge in [0.1, 0.15) is 0 Å². The molecule has 3 atom stereocenters. The van der Waals surface area contributed by atoms with Gasteiger partial charge in [-0.1, -0.05) is 0 Å². The summed E-state index contributed by atoms with van der Waals surface area (Å²) < 4.78 is 5.79. The van der Waals surface area contributed by atoms with E-state index in [1.54, 1.807) is 0 Å². The van der Waals surface area contributed by atoms with Crippen molar-refractivity contribution < 1.29 is 4.74 Å². The van der Waals surface area contributed by atoms with Crippen molar-refractivity contribution in [2.45, 2.75) is 38.0 Å². The van der Waals surface area contributed by atoms with E-state index in [1.807, 2.05) is 7.05 Å². The van der Waals surface area contributed by atoms with Gasteiger partial charge in [-0.25, -0.2) is 0 Å². The normalized spacial score (nSPS) is 36.5. The number of hydrogen-bond acceptors (Lipinski definition) is 3. The molecule has 2 heterocycles. The second-order valence-electron chi connectivity index (χ2n) is 4.32. The van der Waals surface area contributed by atoms with Crippen LogP contribution in [-0.2, 0) is 4.74 Å². The van der Waals surface area contributed by atoms with Crippen LogP contribution in [0.1, 0.15) is 19.8 Å². The molecular weight excluding hydrogens is 164 g/mol. The highest BCUT2D eigenvalue weighted by Gasteiger charge is 2.34. The van der Waals surface area contributed by atoms with Gasteiger partial charge in [0.15, 0.2) is 0 Å². The number of morpholine rings is 1. The minimum atomic E-state index is 0.526. The van der Waals surface area contributed by atoms with Gasteiger partial charge in [0.05, 0.1) is 12.2 Å². The third kappa shape index (κ3) is 2.03. The molecule has 2 fully saturated rings. The van der Waals surface area contributed by atoms with Crippen molar-refractivity contribution in [1.82, 2.24) is 10.2 Å². The fourth-order valence-electron chi connectivity index (χ4n) is 2.43. The van der Waals surface area contributed by atoms with E-state index in [9.17, 15) is 0 Å². The van der Waals surface area contributed by atoms with E-state index in [2.05, 4.69) is 17.1 Å². The first-order valence-electron chi connectivity index (χ1n) is 5.33. The van der Waals surface area contributed by atoms with Gasteiger partial charge < -0.3 is 10.1 Å². The molecule has 0 amide bonds. The summed E-state index contributed by atoms with van der Waals surface area (Å²) in [5.41, 5.74) is 0. The zero-order chi connectivity index (χ0) is 9.26. The summed E-state index contributed by atoms with van der Waals surface area (Å²) in [5.74, 6) is 0. The van der Waals surface area contributed by atoms with Crippen LogP contribution in [0.2, 0.25) is 0 Å². The predicted molar refractivity (Wildman–Crippen MR) is 52.9 cm³/mol. The van der Waals surface area contributed by atoms with Gasteiger partial charge in [0, 0.05) is 25.7 Å². The zero-order valence-electron chi connectivity index (χ0n) is 8.62. The SMILES string of the molecule is CNCC(C)N1CC2CCC(C1)O2. The van der Waals surface area contributed by atoms with Crippen molar-refractivity contribution in [3.05, 3.63) is 0 Å². The lowest BCUT2D eigenvalue weighted by Gasteiger charge is -2.36. The largest absolute Gasteiger partial charge is 0.372 e. The van der Waals surface area contributed by atoms with Crippen molar-refractivity contribution in [2.24, 2.45) is 0 Å². The molecule has 2 aliphatic rings. The molecule has 0 aromatic rings. The van der Waals surface area contributed by atoms with Crippen LogP contribution >= 0.6 is 0 Å². The summed E-state index contributed by atoms with van der Waals surface area (Å²) in [7, 11) is 2.02. The summed E-state index contributed by atoms with van der Waals surface area (Å²) in [6.07, 6.45) is 3.59. The Morgan fingerprint density at radius 2 is 2.00 bits per heavy atom. The number of nitrogens with zero attached hydrogens (tertiary/aromatic N) is 1. The van der Waals surface area contributed by atoms with Crippen LogP contribution in [-0.4, -0.2) is 49.8 Å². The lowest BCUT2D eigenvalue weighted by atomic mass is 10.2. The molecule has 0 aromatic carbocycles. The summed E-state index contributed by atoms with van der Waals surface area (Å²) in [5, 5.41) is 3.23. The first-order valence-corrected chi connectivity index (χ1v) is 5.33. The minimum Gasteiger partial charge on any atom is -0.372 e. The van der Waals surface area contributed by atoms with E-state index in [0.29, 0.717) is 18.2 Å². The summed E-state index contributed by atoms with van der Waals surface area (Å²) in [6.45, 7) is 5.65. The molecule has 0 aromatic heterocycles. The van der Waals surface area contributed by atoms with Crippen LogP contribution in [0.5, 0.6) is 0 Å². The lowest BCUT2D eigenvalue weighted by molar-refractivity contribution is -0.0498. The number of ether oxygens (including phenoxy) is 1. The van der Waals surface area contributed by atoms with E-state index in [0.717, 1.165) is 19.6 Å². The Morgan fingerprint density at radius 3 is 2.54 bits per heavy atom. The average Bonchev–Trinajstić information content (AvgIpc) is 2.46. The first-order chi connectivity index (χ1) is 6.29. The quantitative estimate of drug-likeness (QED) is 0.689. The molecule has 2 saturated heterocycles. The van der Waals surface area contributed by atoms with Gasteiger partial charge >= 0.3 is 0 Å². The molecule has 2 aliphatic heterocycles. The van der Waals surface area contributed by atoms with E-state index in [4.69, 9.17) is 4.74 Å². The van der Waals surface area contributed by atoms with E-state index in [-0.39, 0.29) is 0 Å². The van der Waals surface area contributed by atoms with Gasteiger partial charge in [-0.3, -0.25) is 4.90 Å². The fourth-order valence-corrected chi connectivity index (χ4v) is 2.43. The highest BCUT2D eigenvalue weighted by molar-refractivity contribution is 4.87. The fraction of sp³-hybridized carbons (Fsp3) is 1.00. The standard InChI is InChI=1S/C10H20N2O/c1-8(5-11-2)12-6-9-3-4-10(7-12)13-9/h8-11H,3-7H2,1-2H3. The molecule has 0 spiro atoms. The van der Waals surface area contributed by atoms with Gasteiger partial charge in [0.2, 0.25) is 0 Å². The Kier molecular flexibility index (Phi) is 2.86. The van der Waals surface area contributed by atoms with Crippen molar-refractivity contribution in [3.8, 4) is 0 Å². The zero-order valence-corrected chi connectivity index (χ0v) is 8.62. The highest BCUT2D eigenvalue weighted by Crippen LogP contribution is 2.26. The van der Waals surface area contributed by atoms with E-state index >= 15 is 0 Å². The molecule has 2 bridgehead atoms. The van der Waals surface area contributed by atoms with Crippen molar-refractivity contribution in [2.75, 3.05) is 26.7 Å². The van der Waals surface area contributed by atoms with Crippen molar-refractivity contribution in [3.63, 3.8) is 0 Å². The maximum atomic E-state index is 5.79. The number of hydrogen-bond donors (Lipinski definition) is 1. The van der Waals surface area contributed by atoms with Gasteiger partial charge in [0.25, 0.3) is 0 Å². The van der Waals surface area contributed by atoms with Crippen LogP contribution in [0.3, 0.4) is 0 Å². The van der Waals surface area contributed by atoms with Gasteiger partial charge in [-0.15, -0.1) is 0 Å². The molecule has 1 N–H and O–H groups in total. The predicted octanol–water partition coefficient (Wildman–Crippen LogP) is 0.457. The average molecular weight is 184 g/mol. The van der Waals surface area contributed by atoms with Crippen molar-refractivity contribution >= 4 is 0 Å². The second kappa shape index (κ2) is 3.95. The maximum absolute atomic E-state index is 5.79. The Morgan fingerprint density at radius 1 is 1.38 bits per heavy atom. The number of nitrogens with one attached hydrogen (secondary N) is 1. The Labute approximate surface area is 80.4 Å². The third-order valence-electron chi connectivity index (χ3n) is 3.19. The van der Waals surface area contributed by atoms with Crippen LogP contribution in [0, 0.1) is 0 Å². The van der Waals surface area contributed by atoms with Gasteiger partial charge in [-0.05, 0) is 26.8 Å². The van der Waals surface area contributed by atoms with Crippen LogP contribution < -0.4 is 5.32 Å². The summed E-state index contributed by atoms with van der Waals surface area (Å²) >= 11 is 0. The number of fused-ring (bicyclic) bond motifs is 2. The Bertz CT molecular complexity index is 162.